The van der Waals surface area contributed by atoms with E-state index in [1.807, 2.05) is 58.2 Å². The van der Waals surface area contributed by atoms with Gasteiger partial charge in [0.05, 0.1) is 5.41 Å². The number of benzene rings is 1. The fraction of sp³-hybridized carbons (Fsp3) is 0.400. The lowest BCUT2D eigenvalue weighted by atomic mass is 9.83. The average molecular weight is 244 g/mol. The lowest BCUT2D eigenvalue weighted by Crippen LogP contribution is -2.43. The number of carbonyl (C=O) groups excluding carboxylic acids is 1. The van der Waals surface area contributed by atoms with E-state index in [1.54, 1.807) is 0 Å². The third-order valence-electron chi connectivity index (χ3n) is 3.25. The SMILES string of the molecule is CC(C)NC(=O)C(C)(C)c1c[nH]c2ccccc12. The van der Waals surface area contributed by atoms with Gasteiger partial charge in [0.15, 0.2) is 0 Å². The van der Waals surface area contributed by atoms with Crippen LogP contribution in [-0.4, -0.2) is 16.9 Å². The van der Waals surface area contributed by atoms with E-state index in [1.165, 1.54) is 0 Å². The molecule has 0 aliphatic heterocycles. The van der Waals surface area contributed by atoms with Gasteiger partial charge < -0.3 is 10.3 Å². The Balaban J connectivity index is 2.43. The number of H-pyrrole nitrogens is 1. The highest BCUT2D eigenvalue weighted by molar-refractivity contribution is 5.94. The van der Waals surface area contributed by atoms with E-state index >= 15 is 0 Å². The van der Waals surface area contributed by atoms with Crippen molar-refractivity contribution in [1.29, 1.82) is 0 Å². The largest absolute Gasteiger partial charge is 0.361 e. The summed E-state index contributed by atoms with van der Waals surface area (Å²) in [5.74, 6) is 0.0576. The molecule has 0 saturated carbocycles. The minimum absolute atomic E-state index is 0.0576. The molecule has 0 unspecified atom stereocenters. The van der Waals surface area contributed by atoms with Crippen LogP contribution in [0, 0.1) is 0 Å². The van der Waals surface area contributed by atoms with Crippen molar-refractivity contribution in [3.05, 3.63) is 36.0 Å². The molecule has 0 saturated heterocycles. The summed E-state index contributed by atoms with van der Waals surface area (Å²) in [7, 11) is 0. The number of aromatic amines is 1. The van der Waals surface area contributed by atoms with Crippen LogP contribution in [0.2, 0.25) is 0 Å². The zero-order chi connectivity index (χ0) is 13.3. The van der Waals surface area contributed by atoms with Crippen molar-refractivity contribution in [2.75, 3.05) is 0 Å². The number of rotatable bonds is 3. The monoisotopic (exact) mass is 244 g/mol. The molecule has 3 heteroatoms. The maximum atomic E-state index is 12.3. The maximum Gasteiger partial charge on any atom is 0.230 e. The number of fused-ring (bicyclic) bond motifs is 1. The number of amides is 1. The zero-order valence-corrected chi connectivity index (χ0v) is 11.4. The van der Waals surface area contributed by atoms with Crippen molar-refractivity contribution >= 4 is 16.8 Å². The van der Waals surface area contributed by atoms with Crippen molar-refractivity contribution in [3.8, 4) is 0 Å². The highest BCUT2D eigenvalue weighted by atomic mass is 16.2. The molecular formula is C15H20N2O. The Morgan fingerprint density at radius 3 is 2.61 bits per heavy atom. The van der Waals surface area contributed by atoms with E-state index in [-0.39, 0.29) is 11.9 Å². The molecule has 0 bridgehead atoms. The van der Waals surface area contributed by atoms with Crippen LogP contribution in [0.5, 0.6) is 0 Å². The van der Waals surface area contributed by atoms with E-state index in [2.05, 4.69) is 10.3 Å². The molecule has 0 aliphatic rings. The number of hydrogen-bond acceptors (Lipinski definition) is 1. The topological polar surface area (TPSA) is 44.9 Å². The highest BCUT2D eigenvalue weighted by Crippen LogP contribution is 2.30. The van der Waals surface area contributed by atoms with Gasteiger partial charge in [0.2, 0.25) is 5.91 Å². The summed E-state index contributed by atoms with van der Waals surface area (Å²) in [4.78, 5) is 15.5. The summed E-state index contributed by atoms with van der Waals surface area (Å²) in [6.45, 7) is 7.87. The van der Waals surface area contributed by atoms with Crippen LogP contribution in [0.1, 0.15) is 33.3 Å². The van der Waals surface area contributed by atoms with Crippen molar-refractivity contribution in [3.63, 3.8) is 0 Å². The molecular weight excluding hydrogens is 224 g/mol. The fourth-order valence-electron chi connectivity index (χ4n) is 2.15. The summed E-state index contributed by atoms with van der Waals surface area (Å²) in [6, 6.07) is 8.21. The van der Waals surface area contributed by atoms with Crippen molar-refractivity contribution in [2.24, 2.45) is 0 Å². The Morgan fingerprint density at radius 2 is 1.94 bits per heavy atom. The summed E-state index contributed by atoms with van der Waals surface area (Å²) >= 11 is 0. The Labute approximate surface area is 108 Å². The molecule has 2 N–H and O–H groups in total. The molecule has 1 amide bonds. The fourth-order valence-corrected chi connectivity index (χ4v) is 2.15. The van der Waals surface area contributed by atoms with Crippen LogP contribution in [0.4, 0.5) is 0 Å². The summed E-state index contributed by atoms with van der Waals surface area (Å²) < 4.78 is 0. The van der Waals surface area contributed by atoms with Gasteiger partial charge in [-0.1, -0.05) is 18.2 Å². The lowest BCUT2D eigenvalue weighted by Gasteiger charge is -2.24. The molecule has 2 aromatic rings. The Morgan fingerprint density at radius 1 is 1.28 bits per heavy atom. The number of para-hydroxylation sites is 1. The van der Waals surface area contributed by atoms with Crippen molar-refractivity contribution < 1.29 is 4.79 Å². The Bertz CT molecular complexity index is 567. The van der Waals surface area contributed by atoms with Gasteiger partial charge in [-0.15, -0.1) is 0 Å². The smallest absolute Gasteiger partial charge is 0.230 e. The number of carbonyl (C=O) groups is 1. The van der Waals surface area contributed by atoms with E-state index in [9.17, 15) is 4.79 Å². The predicted molar refractivity (Wildman–Crippen MR) is 74.6 cm³/mol. The first-order chi connectivity index (χ1) is 8.43. The summed E-state index contributed by atoms with van der Waals surface area (Å²) in [5, 5.41) is 4.10. The van der Waals surface area contributed by atoms with Gasteiger partial charge in [0, 0.05) is 23.1 Å². The second-order valence-corrected chi connectivity index (χ2v) is 5.50. The third kappa shape index (κ3) is 2.13. The first kappa shape index (κ1) is 12.7. The normalized spacial score (nSPS) is 12.1. The van der Waals surface area contributed by atoms with E-state index in [0.717, 1.165) is 16.5 Å². The van der Waals surface area contributed by atoms with Crippen LogP contribution in [-0.2, 0) is 10.2 Å². The van der Waals surface area contributed by atoms with Gasteiger partial charge in [0.25, 0.3) is 0 Å². The van der Waals surface area contributed by atoms with Gasteiger partial charge in [-0.2, -0.15) is 0 Å². The molecule has 3 nitrogen and oxygen atoms in total. The first-order valence-corrected chi connectivity index (χ1v) is 6.30. The second kappa shape index (κ2) is 4.48. The Hall–Kier alpha value is -1.77. The van der Waals surface area contributed by atoms with Gasteiger partial charge >= 0.3 is 0 Å². The molecule has 0 spiro atoms. The second-order valence-electron chi connectivity index (χ2n) is 5.50. The molecule has 96 valence electrons. The van der Waals surface area contributed by atoms with E-state index in [4.69, 9.17) is 0 Å². The molecule has 0 aliphatic carbocycles. The first-order valence-electron chi connectivity index (χ1n) is 6.30. The van der Waals surface area contributed by atoms with Crippen molar-refractivity contribution in [1.82, 2.24) is 10.3 Å². The van der Waals surface area contributed by atoms with Gasteiger partial charge in [-0.25, -0.2) is 0 Å². The minimum atomic E-state index is -0.538. The highest BCUT2D eigenvalue weighted by Gasteiger charge is 2.32. The molecule has 1 aromatic carbocycles. The summed E-state index contributed by atoms with van der Waals surface area (Å²) in [5.41, 5.74) is 1.57. The molecule has 1 aromatic heterocycles. The number of aromatic nitrogens is 1. The molecule has 0 radical (unpaired) electrons. The zero-order valence-electron chi connectivity index (χ0n) is 11.4. The third-order valence-corrected chi connectivity index (χ3v) is 3.25. The van der Waals surface area contributed by atoms with Crippen LogP contribution in [0.3, 0.4) is 0 Å². The van der Waals surface area contributed by atoms with Crippen LogP contribution in [0.25, 0.3) is 10.9 Å². The Kier molecular flexibility index (Phi) is 3.16. The van der Waals surface area contributed by atoms with Crippen LogP contribution < -0.4 is 5.32 Å². The van der Waals surface area contributed by atoms with Crippen LogP contribution >= 0.6 is 0 Å². The average Bonchev–Trinajstić information content (AvgIpc) is 2.72. The van der Waals surface area contributed by atoms with Gasteiger partial charge in [0.1, 0.15) is 0 Å². The molecule has 0 fully saturated rings. The molecule has 2 rings (SSSR count). The minimum Gasteiger partial charge on any atom is -0.361 e. The van der Waals surface area contributed by atoms with Crippen molar-refractivity contribution in [2.45, 2.75) is 39.2 Å². The van der Waals surface area contributed by atoms with E-state index in [0.29, 0.717) is 0 Å². The molecule has 1 heterocycles. The number of nitrogens with one attached hydrogen (secondary N) is 2. The quantitative estimate of drug-likeness (QED) is 0.856. The predicted octanol–water partition coefficient (Wildman–Crippen LogP) is 2.97. The summed E-state index contributed by atoms with van der Waals surface area (Å²) in [6.07, 6.45) is 1.94. The van der Waals surface area contributed by atoms with Gasteiger partial charge in [-0.3, -0.25) is 4.79 Å². The molecule has 0 atom stereocenters. The number of hydrogen-bond donors (Lipinski definition) is 2. The molecule has 18 heavy (non-hydrogen) atoms. The maximum absolute atomic E-state index is 12.3. The standard InChI is InChI=1S/C15H20N2O/c1-10(2)17-14(18)15(3,4)12-9-16-13-8-6-5-7-11(12)13/h5-10,16H,1-4H3,(H,17,18). The van der Waals surface area contributed by atoms with Gasteiger partial charge in [-0.05, 0) is 39.3 Å². The van der Waals surface area contributed by atoms with E-state index < -0.39 is 5.41 Å². The van der Waals surface area contributed by atoms with Crippen LogP contribution in [0.15, 0.2) is 30.5 Å². The lowest BCUT2D eigenvalue weighted by molar-refractivity contribution is -0.126.